The zero-order chi connectivity index (χ0) is 12.7. The van der Waals surface area contributed by atoms with E-state index in [-0.39, 0.29) is 0 Å². The molecular formula is C12H24N2O2. The van der Waals surface area contributed by atoms with E-state index in [9.17, 15) is 4.79 Å². The molecule has 0 aromatic carbocycles. The monoisotopic (exact) mass is 228 g/mol. The second kappa shape index (κ2) is 7.41. The van der Waals surface area contributed by atoms with Gasteiger partial charge in [-0.15, -0.1) is 0 Å². The third kappa shape index (κ3) is 7.43. The molecule has 0 aliphatic rings. The van der Waals surface area contributed by atoms with Crippen LogP contribution in [-0.2, 0) is 4.79 Å². The predicted molar refractivity (Wildman–Crippen MR) is 65.8 cm³/mol. The second-order valence-electron chi connectivity index (χ2n) is 4.98. The number of aliphatic carboxylic acids is 1. The standard InChI is InChI=1S/C12H24N2O2/c1-9(2)7-11(12(15)16)5-6-14(13)8-10(3)4/h5,9-10H,6-8,13H2,1-4H3,(H,15,16)/b11-5+. The molecule has 0 fully saturated rings. The van der Waals surface area contributed by atoms with Crippen molar-refractivity contribution in [1.29, 1.82) is 0 Å². The molecular weight excluding hydrogens is 204 g/mol. The summed E-state index contributed by atoms with van der Waals surface area (Å²) in [6, 6.07) is 0. The molecule has 0 heterocycles. The SMILES string of the molecule is CC(C)C/C(=C\CN(N)CC(C)C)C(=O)O. The van der Waals surface area contributed by atoms with E-state index >= 15 is 0 Å². The summed E-state index contributed by atoms with van der Waals surface area (Å²) in [6.07, 6.45) is 2.30. The molecule has 3 N–H and O–H groups in total. The van der Waals surface area contributed by atoms with Crippen molar-refractivity contribution in [2.45, 2.75) is 34.1 Å². The molecule has 0 unspecified atom stereocenters. The summed E-state index contributed by atoms with van der Waals surface area (Å²) in [7, 11) is 0. The van der Waals surface area contributed by atoms with Gasteiger partial charge in [-0.2, -0.15) is 0 Å². The van der Waals surface area contributed by atoms with Crippen LogP contribution in [0.4, 0.5) is 0 Å². The van der Waals surface area contributed by atoms with Crippen molar-refractivity contribution >= 4 is 5.97 Å². The molecule has 16 heavy (non-hydrogen) atoms. The van der Waals surface area contributed by atoms with Gasteiger partial charge in [-0.05, 0) is 18.3 Å². The van der Waals surface area contributed by atoms with Gasteiger partial charge >= 0.3 is 5.97 Å². The van der Waals surface area contributed by atoms with Gasteiger partial charge in [0.25, 0.3) is 0 Å². The molecule has 0 rings (SSSR count). The highest BCUT2D eigenvalue weighted by molar-refractivity contribution is 5.86. The van der Waals surface area contributed by atoms with Gasteiger partial charge in [0.1, 0.15) is 0 Å². The number of nitrogens with zero attached hydrogens (tertiary/aromatic N) is 1. The lowest BCUT2D eigenvalue weighted by Crippen LogP contribution is -2.34. The molecule has 0 aliphatic heterocycles. The molecule has 0 aliphatic carbocycles. The molecule has 0 amide bonds. The maximum Gasteiger partial charge on any atom is 0.331 e. The number of carboxylic acid groups (broad SMARTS) is 1. The zero-order valence-corrected chi connectivity index (χ0v) is 10.7. The van der Waals surface area contributed by atoms with E-state index in [4.69, 9.17) is 10.9 Å². The van der Waals surface area contributed by atoms with Crippen LogP contribution in [-0.4, -0.2) is 29.2 Å². The molecule has 0 radical (unpaired) electrons. The Morgan fingerprint density at radius 2 is 1.88 bits per heavy atom. The molecule has 0 aromatic rings. The molecule has 94 valence electrons. The number of hydrogen-bond acceptors (Lipinski definition) is 3. The van der Waals surface area contributed by atoms with E-state index in [0.717, 1.165) is 6.54 Å². The van der Waals surface area contributed by atoms with E-state index in [2.05, 4.69) is 13.8 Å². The van der Waals surface area contributed by atoms with Crippen molar-refractivity contribution in [3.05, 3.63) is 11.6 Å². The quantitative estimate of drug-likeness (QED) is 0.396. The summed E-state index contributed by atoms with van der Waals surface area (Å²) in [5.74, 6) is 5.74. The average molecular weight is 228 g/mol. The van der Waals surface area contributed by atoms with Crippen LogP contribution < -0.4 is 5.84 Å². The molecule has 0 spiro atoms. The highest BCUT2D eigenvalue weighted by Gasteiger charge is 2.10. The highest BCUT2D eigenvalue weighted by atomic mass is 16.4. The highest BCUT2D eigenvalue weighted by Crippen LogP contribution is 2.10. The average Bonchev–Trinajstić information content (AvgIpc) is 2.09. The molecule has 4 nitrogen and oxygen atoms in total. The van der Waals surface area contributed by atoms with Crippen LogP contribution in [0.3, 0.4) is 0 Å². The van der Waals surface area contributed by atoms with Gasteiger partial charge in [-0.1, -0.05) is 33.8 Å². The fourth-order valence-corrected chi connectivity index (χ4v) is 1.47. The number of rotatable bonds is 7. The Balaban J connectivity index is 4.28. The Kier molecular flexibility index (Phi) is 7.01. The van der Waals surface area contributed by atoms with Gasteiger partial charge in [0, 0.05) is 18.7 Å². The molecule has 0 atom stereocenters. The van der Waals surface area contributed by atoms with Crippen LogP contribution in [0.1, 0.15) is 34.1 Å². The van der Waals surface area contributed by atoms with Crippen LogP contribution in [0, 0.1) is 11.8 Å². The first-order valence-corrected chi connectivity index (χ1v) is 5.74. The van der Waals surface area contributed by atoms with Crippen LogP contribution in [0.25, 0.3) is 0 Å². The summed E-state index contributed by atoms with van der Waals surface area (Å²) < 4.78 is 0. The van der Waals surface area contributed by atoms with Crippen LogP contribution in [0.2, 0.25) is 0 Å². The minimum atomic E-state index is -0.841. The fraction of sp³-hybridized carbons (Fsp3) is 0.750. The third-order valence-corrected chi connectivity index (χ3v) is 2.07. The maximum atomic E-state index is 10.9. The van der Waals surface area contributed by atoms with E-state index in [0.29, 0.717) is 30.4 Å². The lowest BCUT2D eigenvalue weighted by molar-refractivity contribution is -0.132. The fourth-order valence-electron chi connectivity index (χ4n) is 1.47. The molecule has 0 bridgehead atoms. The molecule has 0 saturated carbocycles. The number of hydrogen-bond donors (Lipinski definition) is 2. The maximum absolute atomic E-state index is 10.9. The van der Waals surface area contributed by atoms with E-state index in [1.165, 1.54) is 0 Å². The smallest absolute Gasteiger partial charge is 0.331 e. The Morgan fingerprint density at radius 3 is 2.25 bits per heavy atom. The van der Waals surface area contributed by atoms with Crippen LogP contribution >= 0.6 is 0 Å². The predicted octanol–water partition coefficient (Wildman–Crippen LogP) is 1.88. The van der Waals surface area contributed by atoms with Crippen molar-refractivity contribution < 1.29 is 9.90 Å². The number of hydrazine groups is 1. The Hall–Kier alpha value is -0.870. The number of carbonyl (C=O) groups is 1. The topological polar surface area (TPSA) is 66.6 Å². The molecule has 0 aromatic heterocycles. The molecule has 0 saturated heterocycles. The number of carboxylic acids is 1. The van der Waals surface area contributed by atoms with Gasteiger partial charge in [0.2, 0.25) is 0 Å². The van der Waals surface area contributed by atoms with Crippen molar-refractivity contribution in [3.63, 3.8) is 0 Å². The first-order valence-electron chi connectivity index (χ1n) is 5.74. The Bertz CT molecular complexity index is 247. The van der Waals surface area contributed by atoms with Gasteiger partial charge in [0.05, 0.1) is 0 Å². The third-order valence-electron chi connectivity index (χ3n) is 2.07. The largest absolute Gasteiger partial charge is 0.478 e. The molecule has 4 heteroatoms. The number of nitrogens with two attached hydrogens (primary N) is 1. The summed E-state index contributed by atoms with van der Waals surface area (Å²) in [6.45, 7) is 9.43. The lowest BCUT2D eigenvalue weighted by Gasteiger charge is -2.17. The van der Waals surface area contributed by atoms with Crippen molar-refractivity contribution in [2.24, 2.45) is 17.7 Å². The summed E-state index contributed by atoms with van der Waals surface area (Å²) in [4.78, 5) is 10.9. The van der Waals surface area contributed by atoms with Crippen molar-refractivity contribution in [3.8, 4) is 0 Å². The normalized spacial score (nSPS) is 12.9. The summed E-state index contributed by atoms with van der Waals surface area (Å²) in [5, 5.41) is 10.6. The van der Waals surface area contributed by atoms with Gasteiger partial charge < -0.3 is 5.11 Å². The van der Waals surface area contributed by atoms with Crippen molar-refractivity contribution in [2.75, 3.05) is 13.1 Å². The lowest BCUT2D eigenvalue weighted by atomic mass is 10.0. The Morgan fingerprint density at radius 1 is 1.31 bits per heavy atom. The van der Waals surface area contributed by atoms with Crippen molar-refractivity contribution in [1.82, 2.24) is 5.01 Å². The minimum absolute atomic E-state index is 0.346. The van der Waals surface area contributed by atoms with Crippen LogP contribution in [0.15, 0.2) is 11.6 Å². The Labute approximate surface area is 98.1 Å². The summed E-state index contributed by atoms with van der Waals surface area (Å²) >= 11 is 0. The summed E-state index contributed by atoms with van der Waals surface area (Å²) in [5.41, 5.74) is 0.453. The van der Waals surface area contributed by atoms with Gasteiger partial charge in [-0.3, -0.25) is 5.84 Å². The first-order chi connectivity index (χ1) is 7.32. The van der Waals surface area contributed by atoms with E-state index in [1.54, 1.807) is 11.1 Å². The van der Waals surface area contributed by atoms with Gasteiger partial charge in [-0.25, -0.2) is 9.80 Å². The van der Waals surface area contributed by atoms with E-state index in [1.807, 2.05) is 13.8 Å². The first kappa shape index (κ1) is 15.1. The minimum Gasteiger partial charge on any atom is -0.478 e. The second-order valence-corrected chi connectivity index (χ2v) is 4.98. The van der Waals surface area contributed by atoms with Crippen LogP contribution in [0.5, 0.6) is 0 Å². The zero-order valence-electron chi connectivity index (χ0n) is 10.7. The van der Waals surface area contributed by atoms with E-state index < -0.39 is 5.97 Å². The van der Waals surface area contributed by atoms with Gasteiger partial charge in [0.15, 0.2) is 0 Å².